The summed E-state index contributed by atoms with van der Waals surface area (Å²) in [5.74, 6) is -1.10. The van der Waals surface area contributed by atoms with Crippen LogP contribution in [0.2, 0.25) is 0 Å². The summed E-state index contributed by atoms with van der Waals surface area (Å²) in [6.45, 7) is 5.25. The molecule has 0 fully saturated rings. The minimum Gasteiger partial charge on any atom is -0.460 e. The first-order valence-corrected chi connectivity index (χ1v) is 5.94. The highest BCUT2D eigenvalue weighted by molar-refractivity contribution is 5.87. The van der Waals surface area contributed by atoms with Gasteiger partial charge in [-0.3, -0.25) is 9.59 Å². The lowest BCUT2D eigenvalue weighted by Crippen LogP contribution is -2.31. The van der Waals surface area contributed by atoms with Gasteiger partial charge in [0, 0.05) is 25.0 Å². The number of amides is 2. The summed E-state index contributed by atoms with van der Waals surface area (Å²) in [6, 6.07) is 0. The fourth-order valence-corrected chi connectivity index (χ4v) is 1.06. The van der Waals surface area contributed by atoms with Gasteiger partial charge in [0.25, 0.3) is 0 Å². The van der Waals surface area contributed by atoms with Crippen LogP contribution in [0.4, 0.5) is 0 Å². The van der Waals surface area contributed by atoms with Gasteiger partial charge < -0.3 is 20.5 Å². The van der Waals surface area contributed by atoms with E-state index in [0.717, 1.165) is 0 Å². The molecule has 0 aliphatic rings. The molecule has 108 valence electrons. The molecule has 0 aromatic rings. The summed E-state index contributed by atoms with van der Waals surface area (Å²) in [6.07, 6.45) is 0.100. The maximum absolute atomic E-state index is 11.3. The number of hydrogen-bond acceptors (Lipinski definition) is 5. The zero-order chi connectivity index (χ0) is 14.7. The second kappa shape index (κ2) is 10.1. The number of carbonyl (C=O) groups is 3. The summed E-state index contributed by atoms with van der Waals surface area (Å²) < 4.78 is 4.77. The molecule has 0 saturated heterocycles. The third kappa shape index (κ3) is 9.78. The number of aliphatic hydroxyl groups is 1. The molecule has 7 nitrogen and oxygen atoms in total. The fraction of sp³-hybridized carbons (Fsp3) is 0.583. The lowest BCUT2D eigenvalue weighted by molar-refractivity contribution is -0.139. The first-order chi connectivity index (χ1) is 8.97. The van der Waals surface area contributed by atoms with Crippen LogP contribution in [0.15, 0.2) is 12.2 Å². The first-order valence-electron chi connectivity index (χ1n) is 5.94. The molecule has 0 aliphatic heterocycles. The standard InChI is InChI=1S/C12H20N2O5/c1-9(2)12(18)19-8-6-14-11(17)4-3-10(16)13-5-7-15/h15H,1,3-8H2,2H3,(H,13,16)(H,14,17). The van der Waals surface area contributed by atoms with Crippen LogP contribution < -0.4 is 10.6 Å². The molecule has 0 aromatic heterocycles. The maximum Gasteiger partial charge on any atom is 0.333 e. The van der Waals surface area contributed by atoms with Crippen LogP contribution in [0.3, 0.4) is 0 Å². The molecule has 7 heteroatoms. The van der Waals surface area contributed by atoms with Crippen LogP contribution in [0.25, 0.3) is 0 Å². The van der Waals surface area contributed by atoms with Gasteiger partial charge in [-0.1, -0.05) is 6.58 Å². The number of carbonyl (C=O) groups excluding carboxylic acids is 3. The highest BCUT2D eigenvalue weighted by Gasteiger charge is 2.07. The number of hydrogen-bond donors (Lipinski definition) is 3. The molecule has 0 aromatic carbocycles. The van der Waals surface area contributed by atoms with Gasteiger partial charge >= 0.3 is 5.97 Å². The monoisotopic (exact) mass is 272 g/mol. The van der Waals surface area contributed by atoms with Crippen LogP contribution in [0.1, 0.15) is 19.8 Å². The Morgan fingerprint density at radius 3 is 2.11 bits per heavy atom. The van der Waals surface area contributed by atoms with Gasteiger partial charge in [-0.05, 0) is 6.92 Å². The average Bonchev–Trinajstić information content (AvgIpc) is 2.38. The maximum atomic E-state index is 11.3. The Kier molecular flexibility index (Phi) is 9.07. The van der Waals surface area contributed by atoms with Crippen LogP contribution in [0, 0.1) is 0 Å². The molecule has 3 N–H and O–H groups in total. The smallest absolute Gasteiger partial charge is 0.333 e. The average molecular weight is 272 g/mol. The Bertz CT molecular complexity index is 341. The van der Waals surface area contributed by atoms with E-state index in [1.165, 1.54) is 6.92 Å². The van der Waals surface area contributed by atoms with Gasteiger partial charge in [-0.2, -0.15) is 0 Å². The van der Waals surface area contributed by atoms with E-state index in [1.807, 2.05) is 0 Å². The number of aliphatic hydroxyl groups excluding tert-OH is 1. The summed E-state index contributed by atoms with van der Waals surface area (Å²) in [4.78, 5) is 33.4. The summed E-state index contributed by atoms with van der Waals surface area (Å²) >= 11 is 0. The third-order valence-corrected chi connectivity index (χ3v) is 2.02. The van der Waals surface area contributed by atoms with Gasteiger partial charge in [0.2, 0.25) is 11.8 Å². The number of nitrogens with one attached hydrogen (secondary N) is 2. The third-order valence-electron chi connectivity index (χ3n) is 2.02. The minimum atomic E-state index is -0.502. The van der Waals surface area contributed by atoms with Gasteiger partial charge in [-0.25, -0.2) is 4.79 Å². The highest BCUT2D eigenvalue weighted by atomic mass is 16.5. The zero-order valence-electron chi connectivity index (χ0n) is 11.0. The van der Waals surface area contributed by atoms with Crippen molar-refractivity contribution in [2.24, 2.45) is 0 Å². The van der Waals surface area contributed by atoms with E-state index in [-0.39, 0.29) is 51.0 Å². The molecule has 0 atom stereocenters. The number of ether oxygens (including phenoxy) is 1. The predicted octanol–water partition coefficient (Wildman–Crippen LogP) is -0.889. The second-order valence-corrected chi connectivity index (χ2v) is 3.84. The van der Waals surface area contributed by atoms with E-state index in [1.54, 1.807) is 0 Å². The first kappa shape index (κ1) is 17.1. The van der Waals surface area contributed by atoms with Crippen molar-refractivity contribution >= 4 is 17.8 Å². The Balaban J connectivity index is 3.57. The van der Waals surface area contributed by atoms with E-state index in [9.17, 15) is 14.4 Å². The SMILES string of the molecule is C=C(C)C(=O)OCCNC(=O)CCC(=O)NCCO. The quantitative estimate of drug-likeness (QED) is 0.287. The van der Waals surface area contributed by atoms with Crippen molar-refractivity contribution in [2.75, 3.05) is 26.3 Å². The molecular formula is C12H20N2O5. The predicted molar refractivity (Wildman–Crippen MR) is 68.1 cm³/mol. The van der Waals surface area contributed by atoms with Crippen molar-refractivity contribution in [2.45, 2.75) is 19.8 Å². The summed E-state index contributed by atoms with van der Waals surface area (Å²) in [5.41, 5.74) is 0.298. The normalized spacial score (nSPS) is 9.58. The Morgan fingerprint density at radius 2 is 1.63 bits per heavy atom. The van der Waals surface area contributed by atoms with Gasteiger partial charge in [0.05, 0.1) is 13.2 Å². The zero-order valence-corrected chi connectivity index (χ0v) is 11.0. The Hall–Kier alpha value is -1.89. The summed E-state index contributed by atoms with van der Waals surface area (Å²) in [5, 5.41) is 13.4. The van der Waals surface area contributed by atoms with Crippen molar-refractivity contribution < 1.29 is 24.2 Å². The highest BCUT2D eigenvalue weighted by Crippen LogP contribution is 1.91. The van der Waals surface area contributed by atoms with Crippen molar-refractivity contribution in [1.29, 1.82) is 0 Å². The van der Waals surface area contributed by atoms with Crippen LogP contribution in [-0.4, -0.2) is 49.2 Å². The lowest BCUT2D eigenvalue weighted by atomic mass is 10.3. The molecule has 0 aliphatic carbocycles. The van der Waals surface area contributed by atoms with Gasteiger partial charge in [0.1, 0.15) is 6.61 Å². The minimum absolute atomic E-state index is 0.0473. The largest absolute Gasteiger partial charge is 0.460 e. The van der Waals surface area contributed by atoms with Crippen LogP contribution >= 0.6 is 0 Å². The Morgan fingerprint density at radius 1 is 1.11 bits per heavy atom. The van der Waals surface area contributed by atoms with E-state index >= 15 is 0 Å². The number of rotatable bonds is 9. The molecule has 0 heterocycles. The van der Waals surface area contributed by atoms with E-state index in [0.29, 0.717) is 5.57 Å². The number of esters is 1. The molecule has 0 spiro atoms. The molecule has 0 radical (unpaired) electrons. The van der Waals surface area contributed by atoms with E-state index in [4.69, 9.17) is 9.84 Å². The van der Waals surface area contributed by atoms with Crippen molar-refractivity contribution in [3.05, 3.63) is 12.2 Å². The topological polar surface area (TPSA) is 105 Å². The molecule has 0 bridgehead atoms. The molecular weight excluding hydrogens is 252 g/mol. The lowest BCUT2D eigenvalue weighted by Gasteiger charge is -2.06. The van der Waals surface area contributed by atoms with E-state index < -0.39 is 5.97 Å². The van der Waals surface area contributed by atoms with Crippen molar-refractivity contribution in [1.82, 2.24) is 10.6 Å². The molecule has 0 rings (SSSR count). The molecule has 2 amide bonds. The van der Waals surface area contributed by atoms with Gasteiger partial charge in [0.15, 0.2) is 0 Å². The van der Waals surface area contributed by atoms with Gasteiger partial charge in [-0.15, -0.1) is 0 Å². The second-order valence-electron chi connectivity index (χ2n) is 3.84. The fourth-order valence-electron chi connectivity index (χ4n) is 1.06. The molecule has 0 unspecified atom stereocenters. The Labute approximate surface area is 112 Å². The molecule has 19 heavy (non-hydrogen) atoms. The van der Waals surface area contributed by atoms with Crippen molar-refractivity contribution in [3.8, 4) is 0 Å². The van der Waals surface area contributed by atoms with Crippen LogP contribution in [0.5, 0.6) is 0 Å². The van der Waals surface area contributed by atoms with Crippen molar-refractivity contribution in [3.63, 3.8) is 0 Å². The summed E-state index contributed by atoms with van der Waals surface area (Å²) in [7, 11) is 0. The molecule has 0 saturated carbocycles. The van der Waals surface area contributed by atoms with E-state index in [2.05, 4.69) is 17.2 Å². The van der Waals surface area contributed by atoms with Crippen LogP contribution in [-0.2, 0) is 19.1 Å².